The van der Waals surface area contributed by atoms with Crippen LogP contribution in [0.5, 0.6) is 0 Å². The Balaban J connectivity index is 1.90. The first-order valence-electron chi connectivity index (χ1n) is 8.05. The zero-order valence-electron chi connectivity index (χ0n) is 14.4. The smallest absolute Gasteiger partial charge is 0.235 e. The Morgan fingerprint density at radius 1 is 0.833 bits per heavy atom. The number of rotatable bonds is 6. The summed E-state index contributed by atoms with van der Waals surface area (Å²) in [6.45, 7) is 6.11. The van der Waals surface area contributed by atoms with Crippen LogP contribution >= 0.6 is 0 Å². The third kappa shape index (κ3) is 4.69. The van der Waals surface area contributed by atoms with Gasteiger partial charge in [0, 0.05) is 13.1 Å². The minimum atomic E-state index is -1.13. The molecule has 0 saturated heterocycles. The van der Waals surface area contributed by atoms with Crippen LogP contribution in [0.25, 0.3) is 0 Å². The number of hydrogen-bond donors (Lipinski definition) is 2. The van der Waals surface area contributed by atoms with Gasteiger partial charge < -0.3 is 10.6 Å². The summed E-state index contributed by atoms with van der Waals surface area (Å²) in [5.74, 6) is -0.567. The lowest BCUT2D eigenvalue weighted by Gasteiger charge is -2.23. The van der Waals surface area contributed by atoms with Crippen molar-refractivity contribution in [3.63, 3.8) is 0 Å². The average Bonchev–Trinajstić information content (AvgIpc) is 2.58. The zero-order valence-corrected chi connectivity index (χ0v) is 14.4. The van der Waals surface area contributed by atoms with E-state index in [9.17, 15) is 9.59 Å². The van der Waals surface area contributed by atoms with E-state index in [-0.39, 0.29) is 11.8 Å². The van der Waals surface area contributed by atoms with Crippen molar-refractivity contribution in [1.82, 2.24) is 10.6 Å². The molecule has 2 N–H and O–H groups in total. The molecule has 0 radical (unpaired) electrons. The number of aryl methyl sites for hydroxylation is 1. The number of nitrogens with one attached hydrogen (secondary N) is 2. The highest BCUT2D eigenvalue weighted by Crippen LogP contribution is 2.16. The monoisotopic (exact) mass is 324 g/mol. The number of benzene rings is 2. The lowest BCUT2D eigenvalue weighted by atomic mass is 9.91. The fourth-order valence-electron chi connectivity index (χ4n) is 2.33. The predicted octanol–water partition coefficient (Wildman–Crippen LogP) is 2.95. The van der Waals surface area contributed by atoms with Crippen LogP contribution in [0.15, 0.2) is 54.6 Å². The normalized spacial score (nSPS) is 11.0. The summed E-state index contributed by atoms with van der Waals surface area (Å²) >= 11 is 0. The first-order chi connectivity index (χ1) is 11.4. The average molecular weight is 324 g/mol. The van der Waals surface area contributed by atoms with Gasteiger partial charge in [0.25, 0.3) is 0 Å². The van der Waals surface area contributed by atoms with Crippen LogP contribution in [0.4, 0.5) is 0 Å². The van der Waals surface area contributed by atoms with E-state index in [2.05, 4.69) is 10.6 Å². The fourth-order valence-corrected chi connectivity index (χ4v) is 2.33. The largest absolute Gasteiger partial charge is 0.351 e. The van der Waals surface area contributed by atoms with Crippen LogP contribution in [0.1, 0.15) is 30.5 Å². The molecule has 4 heteroatoms. The molecular weight excluding hydrogens is 300 g/mol. The van der Waals surface area contributed by atoms with Gasteiger partial charge in [-0.15, -0.1) is 0 Å². The SMILES string of the molecule is Cc1cccc(CNC(=O)C(C)(C)C(=O)NCc2ccccc2)c1. The maximum atomic E-state index is 12.4. The molecule has 0 saturated carbocycles. The van der Waals surface area contributed by atoms with Crippen LogP contribution in [0.2, 0.25) is 0 Å². The molecule has 0 aromatic heterocycles. The topological polar surface area (TPSA) is 58.2 Å². The van der Waals surface area contributed by atoms with Gasteiger partial charge in [-0.2, -0.15) is 0 Å². The Hall–Kier alpha value is -2.62. The molecule has 0 heterocycles. The number of carbonyl (C=O) groups is 2. The van der Waals surface area contributed by atoms with Gasteiger partial charge in [-0.25, -0.2) is 0 Å². The summed E-state index contributed by atoms with van der Waals surface area (Å²) < 4.78 is 0. The number of carbonyl (C=O) groups excluding carboxylic acids is 2. The quantitative estimate of drug-likeness (QED) is 0.803. The molecule has 0 bridgehead atoms. The highest BCUT2D eigenvalue weighted by molar-refractivity contribution is 6.04. The molecule has 0 spiro atoms. The lowest BCUT2D eigenvalue weighted by Crippen LogP contribution is -2.47. The Morgan fingerprint density at radius 3 is 1.96 bits per heavy atom. The van der Waals surface area contributed by atoms with Gasteiger partial charge in [-0.1, -0.05) is 60.2 Å². The number of amides is 2. The Bertz CT molecular complexity index is 709. The molecule has 2 amide bonds. The second-order valence-corrected chi connectivity index (χ2v) is 6.47. The van der Waals surface area contributed by atoms with E-state index in [1.54, 1.807) is 13.8 Å². The Labute approximate surface area is 143 Å². The summed E-state index contributed by atoms with van der Waals surface area (Å²) in [7, 11) is 0. The molecule has 0 unspecified atom stereocenters. The molecule has 0 atom stereocenters. The Morgan fingerprint density at radius 2 is 1.38 bits per heavy atom. The van der Waals surface area contributed by atoms with E-state index in [1.165, 1.54) is 0 Å². The van der Waals surface area contributed by atoms with Crippen molar-refractivity contribution in [3.8, 4) is 0 Å². The summed E-state index contributed by atoms with van der Waals surface area (Å²) in [5.41, 5.74) is 2.03. The molecular formula is C20H24N2O2. The van der Waals surface area contributed by atoms with E-state index < -0.39 is 5.41 Å². The summed E-state index contributed by atoms with van der Waals surface area (Å²) in [5, 5.41) is 5.67. The summed E-state index contributed by atoms with van der Waals surface area (Å²) in [6.07, 6.45) is 0. The maximum absolute atomic E-state index is 12.4. The molecule has 4 nitrogen and oxygen atoms in total. The van der Waals surface area contributed by atoms with E-state index in [0.29, 0.717) is 13.1 Å². The molecule has 2 rings (SSSR count). The second kappa shape index (κ2) is 7.77. The van der Waals surface area contributed by atoms with Gasteiger partial charge in [0.2, 0.25) is 11.8 Å². The minimum Gasteiger partial charge on any atom is -0.351 e. The molecule has 0 aliphatic carbocycles. The van der Waals surface area contributed by atoms with Crippen molar-refractivity contribution >= 4 is 11.8 Å². The maximum Gasteiger partial charge on any atom is 0.235 e. The molecule has 0 fully saturated rings. The van der Waals surface area contributed by atoms with Gasteiger partial charge >= 0.3 is 0 Å². The molecule has 24 heavy (non-hydrogen) atoms. The van der Waals surface area contributed by atoms with Gasteiger partial charge in [0.05, 0.1) is 0 Å². The number of hydrogen-bond acceptors (Lipinski definition) is 2. The van der Waals surface area contributed by atoms with Crippen molar-refractivity contribution in [2.24, 2.45) is 5.41 Å². The van der Waals surface area contributed by atoms with E-state index in [4.69, 9.17) is 0 Å². The van der Waals surface area contributed by atoms with Gasteiger partial charge in [0.15, 0.2) is 0 Å². The fraction of sp³-hybridized carbons (Fsp3) is 0.300. The molecule has 2 aromatic carbocycles. The first-order valence-corrected chi connectivity index (χ1v) is 8.05. The van der Waals surface area contributed by atoms with E-state index in [1.807, 2.05) is 61.5 Å². The van der Waals surface area contributed by atoms with Crippen molar-refractivity contribution < 1.29 is 9.59 Å². The van der Waals surface area contributed by atoms with E-state index in [0.717, 1.165) is 16.7 Å². The molecule has 126 valence electrons. The third-order valence-corrected chi connectivity index (χ3v) is 3.97. The van der Waals surface area contributed by atoms with Crippen LogP contribution < -0.4 is 10.6 Å². The lowest BCUT2D eigenvalue weighted by molar-refractivity contribution is -0.141. The molecule has 0 aliphatic heterocycles. The van der Waals surface area contributed by atoms with Crippen LogP contribution in [0.3, 0.4) is 0 Å². The Kier molecular flexibility index (Phi) is 5.74. The van der Waals surface area contributed by atoms with Gasteiger partial charge in [-0.3, -0.25) is 9.59 Å². The van der Waals surface area contributed by atoms with Crippen molar-refractivity contribution in [1.29, 1.82) is 0 Å². The van der Waals surface area contributed by atoms with E-state index >= 15 is 0 Å². The molecule has 2 aromatic rings. The third-order valence-electron chi connectivity index (χ3n) is 3.97. The summed E-state index contributed by atoms with van der Waals surface area (Å²) in [4.78, 5) is 24.8. The van der Waals surface area contributed by atoms with Crippen molar-refractivity contribution in [3.05, 3.63) is 71.3 Å². The minimum absolute atomic E-state index is 0.283. The zero-order chi connectivity index (χ0) is 17.6. The highest BCUT2D eigenvalue weighted by atomic mass is 16.2. The first kappa shape index (κ1) is 17.7. The predicted molar refractivity (Wildman–Crippen MR) is 95.1 cm³/mol. The van der Waals surface area contributed by atoms with Crippen molar-refractivity contribution in [2.45, 2.75) is 33.9 Å². The standard InChI is InChI=1S/C20H24N2O2/c1-15-8-7-11-17(12-15)14-22-19(24)20(2,3)18(23)21-13-16-9-5-4-6-10-16/h4-12H,13-14H2,1-3H3,(H,21,23)(H,22,24). The molecule has 0 aliphatic rings. The van der Waals surface area contributed by atoms with Crippen LogP contribution in [-0.4, -0.2) is 11.8 Å². The van der Waals surface area contributed by atoms with Crippen LogP contribution in [0, 0.1) is 12.3 Å². The van der Waals surface area contributed by atoms with Crippen LogP contribution in [-0.2, 0) is 22.7 Å². The highest BCUT2D eigenvalue weighted by Gasteiger charge is 2.35. The van der Waals surface area contributed by atoms with Crippen molar-refractivity contribution in [2.75, 3.05) is 0 Å². The summed E-state index contributed by atoms with van der Waals surface area (Å²) in [6, 6.07) is 17.6. The van der Waals surface area contributed by atoms with Gasteiger partial charge in [0.1, 0.15) is 5.41 Å². The second-order valence-electron chi connectivity index (χ2n) is 6.47. The van der Waals surface area contributed by atoms with Gasteiger partial charge in [-0.05, 0) is 31.9 Å².